The van der Waals surface area contributed by atoms with Crippen molar-refractivity contribution in [3.05, 3.63) is 29.8 Å². The van der Waals surface area contributed by atoms with E-state index in [1.54, 1.807) is 0 Å². The summed E-state index contributed by atoms with van der Waals surface area (Å²) in [5.41, 5.74) is 2.21. The Morgan fingerprint density at radius 3 is 2.70 bits per heavy atom. The Hall–Kier alpha value is -1.53. The molecule has 20 heavy (non-hydrogen) atoms. The smallest absolute Gasteiger partial charge is 0.104 e. The van der Waals surface area contributed by atoms with Gasteiger partial charge in [0.25, 0.3) is 0 Å². The summed E-state index contributed by atoms with van der Waals surface area (Å²) in [6, 6.07) is 11.5. The fourth-order valence-corrected chi connectivity index (χ4v) is 2.62. The Balaban J connectivity index is 1.82. The van der Waals surface area contributed by atoms with E-state index in [9.17, 15) is 5.26 Å². The second-order valence-electron chi connectivity index (χ2n) is 6.17. The molecule has 108 valence electrons. The summed E-state index contributed by atoms with van der Waals surface area (Å²) < 4.78 is 0. The zero-order chi connectivity index (χ0) is 14.6. The van der Waals surface area contributed by atoms with Gasteiger partial charge in [-0.05, 0) is 51.2 Å². The summed E-state index contributed by atoms with van der Waals surface area (Å²) in [5.74, 6) is 0. The maximum Gasteiger partial charge on any atom is 0.104 e. The van der Waals surface area contributed by atoms with Gasteiger partial charge in [-0.15, -0.1) is 0 Å². The summed E-state index contributed by atoms with van der Waals surface area (Å²) in [4.78, 5) is 2.28. The van der Waals surface area contributed by atoms with E-state index in [-0.39, 0.29) is 5.54 Å². The first-order valence-electron chi connectivity index (χ1n) is 7.50. The summed E-state index contributed by atoms with van der Waals surface area (Å²) in [5, 5.41) is 12.8. The van der Waals surface area contributed by atoms with Gasteiger partial charge >= 0.3 is 0 Å². The van der Waals surface area contributed by atoms with Crippen molar-refractivity contribution in [1.82, 2.24) is 5.32 Å². The van der Waals surface area contributed by atoms with E-state index >= 15 is 0 Å². The van der Waals surface area contributed by atoms with Gasteiger partial charge in [0.2, 0.25) is 0 Å². The summed E-state index contributed by atoms with van der Waals surface area (Å²) >= 11 is 0. The van der Waals surface area contributed by atoms with E-state index in [0.29, 0.717) is 6.04 Å². The van der Waals surface area contributed by atoms with Crippen molar-refractivity contribution < 1.29 is 0 Å². The van der Waals surface area contributed by atoms with Gasteiger partial charge in [0.05, 0.1) is 6.07 Å². The van der Waals surface area contributed by atoms with Crippen LogP contribution in [0, 0.1) is 18.3 Å². The Bertz CT molecular complexity index is 487. The van der Waals surface area contributed by atoms with Crippen LogP contribution in [0.3, 0.4) is 0 Å². The van der Waals surface area contributed by atoms with Crippen molar-refractivity contribution in [1.29, 1.82) is 5.26 Å². The SMILES string of the molecule is Cc1ccccc1N(C)CCCC(C)(C#N)NC1CC1. The lowest BCUT2D eigenvalue weighted by atomic mass is 9.97. The van der Waals surface area contributed by atoms with Crippen molar-refractivity contribution >= 4 is 5.69 Å². The molecule has 1 fully saturated rings. The first-order chi connectivity index (χ1) is 9.54. The van der Waals surface area contributed by atoms with Crippen LogP contribution >= 0.6 is 0 Å². The molecule has 0 amide bonds. The molecule has 0 saturated heterocycles. The lowest BCUT2D eigenvalue weighted by Gasteiger charge is -2.26. The number of nitrogens with zero attached hydrogens (tertiary/aromatic N) is 2. The monoisotopic (exact) mass is 271 g/mol. The minimum Gasteiger partial charge on any atom is -0.374 e. The Morgan fingerprint density at radius 2 is 2.10 bits per heavy atom. The molecule has 1 aliphatic carbocycles. The third kappa shape index (κ3) is 3.98. The zero-order valence-corrected chi connectivity index (χ0v) is 12.8. The van der Waals surface area contributed by atoms with Crippen LogP contribution in [0.1, 0.15) is 38.2 Å². The van der Waals surface area contributed by atoms with E-state index in [1.807, 2.05) is 6.92 Å². The van der Waals surface area contributed by atoms with Gasteiger partial charge < -0.3 is 4.90 Å². The molecule has 0 spiro atoms. The second kappa shape index (κ2) is 6.28. The molecule has 1 aromatic carbocycles. The number of para-hydroxylation sites is 1. The van der Waals surface area contributed by atoms with Gasteiger partial charge in [-0.1, -0.05) is 18.2 Å². The number of aryl methyl sites for hydroxylation is 1. The molecule has 2 rings (SSSR count). The fraction of sp³-hybridized carbons (Fsp3) is 0.588. The van der Waals surface area contributed by atoms with Gasteiger partial charge in [-0.3, -0.25) is 5.32 Å². The number of hydrogen-bond acceptors (Lipinski definition) is 3. The number of nitriles is 1. The maximum atomic E-state index is 9.36. The average molecular weight is 271 g/mol. The Morgan fingerprint density at radius 1 is 1.40 bits per heavy atom. The topological polar surface area (TPSA) is 39.1 Å². The molecular formula is C17H25N3. The van der Waals surface area contributed by atoms with Gasteiger partial charge in [0, 0.05) is 25.3 Å². The van der Waals surface area contributed by atoms with Gasteiger partial charge in [0.15, 0.2) is 0 Å². The molecule has 0 heterocycles. The van der Waals surface area contributed by atoms with Crippen molar-refractivity contribution in [3.8, 4) is 6.07 Å². The third-order valence-electron chi connectivity index (χ3n) is 4.04. The molecule has 0 radical (unpaired) electrons. The van der Waals surface area contributed by atoms with E-state index in [0.717, 1.165) is 19.4 Å². The predicted molar refractivity (Wildman–Crippen MR) is 83.9 cm³/mol. The van der Waals surface area contributed by atoms with Crippen LogP contribution in [0.25, 0.3) is 0 Å². The van der Waals surface area contributed by atoms with Gasteiger partial charge in [0.1, 0.15) is 5.54 Å². The number of hydrogen-bond donors (Lipinski definition) is 1. The summed E-state index contributed by atoms with van der Waals surface area (Å²) in [7, 11) is 2.13. The molecule has 1 aromatic rings. The summed E-state index contributed by atoms with van der Waals surface area (Å²) in [6.45, 7) is 5.15. The maximum absolute atomic E-state index is 9.36. The van der Waals surface area contributed by atoms with Gasteiger partial charge in [-0.25, -0.2) is 0 Å². The standard InChI is InChI=1S/C17H25N3/c1-14-7-4-5-8-16(14)20(3)12-6-11-17(2,13-18)19-15-9-10-15/h4-5,7-8,15,19H,6,9-12H2,1-3H3. The van der Waals surface area contributed by atoms with E-state index in [2.05, 4.69) is 54.5 Å². The number of rotatable bonds is 7. The molecule has 1 N–H and O–H groups in total. The van der Waals surface area contributed by atoms with Crippen LogP contribution < -0.4 is 10.2 Å². The van der Waals surface area contributed by atoms with Gasteiger partial charge in [-0.2, -0.15) is 5.26 Å². The van der Waals surface area contributed by atoms with E-state index in [4.69, 9.17) is 0 Å². The Labute approximate surface area is 122 Å². The van der Waals surface area contributed by atoms with Crippen molar-refractivity contribution in [2.45, 2.75) is 51.1 Å². The molecule has 1 aliphatic rings. The highest BCUT2D eigenvalue weighted by Crippen LogP contribution is 2.25. The molecule has 3 nitrogen and oxygen atoms in total. The highest BCUT2D eigenvalue weighted by atomic mass is 15.1. The van der Waals surface area contributed by atoms with Crippen LogP contribution in [0.2, 0.25) is 0 Å². The molecule has 0 aliphatic heterocycles. The molecule has 1 unspecified atom stereocenters. The van der Waals surface area contributed by atoms with Crippen molar-refractivity contribution in [2.24, 2.45) is 0 Å². The van der Waals surface area contributed by atoms with E-state index in [1.165, 1.54) is 24.1 Å². The zero-order valence-electron chi connectivity index (χ0n) is 12.8. The average Bonchev–Trinajstić information content (AvgIpc) is 3.23. The number of anilines is 1. The minimum atomic E-state index is -0.367. The van der Waals surface area contributed by atoms with Crippen molar-refractivity contribution in [2.75, 3.05) is 18.5 Å². The lowest BCUT2D eigenvalue weighted by Crippen LogP contribution is -2.42. The summed E-state index contributed by atoms with van der Waals surface area (Å²) in [6.07, 6.45) is 4.37. The molecule has 3 heteroatoms. The fourth-order valence-electron chi connectivity index (χ4n) is 2.62. The highest BCUT2D eigenvalue weighted by Gasteiger charge is 2.32. The first kappa shape index (κ1) is 14.9. The highest BCUT2D eigenvalue weighted by molar-refractivity contribution is 5.52. The normalized spacial score (nSPS) is 17.3. The number of benzene rings is 1. The molecular weight excluding hydrogens is 246 g/mol. The molecule has 1 saturated carbocycles. The van der Waals surface area contributed by atoms with Crippen molar-refractivity contribution in [3.63, 3.8) is 0 Å². The number of nitrogens with one attached hydrogen (secondary N) is 1. The van der Waals surface area contributed by atoms with Crippen LogP contribution in [0.4, 0.5) is 5.69 Å². The van der Waals surface area contributed by atoms with Crippen LogP contribution in [0.5, 0.6) is 0 Å². The first-order valence-corrected chi connectivity index (χ1v) is 7.50. The Kier molecular flexibility index (Phi) is 4.67. The van der Waals surface area contributed by atoms with Crippen LogP contribution in [-0.2, 0) is 0 Å². The van der Waals surface area contributed by atoms with Crippen LogP contribution in [0.15, 0.2) is 24.3 Å². The molecule has 0 aromatic heterocycles. The quantitative estimate of drug-likeness (QED) is 0.827. The second-order valence-corrected chi connectivity index (χ2v) is 6.17. The minimum absolute atomic E-state index is 0.367. The third-order valence-corrected chi connectivity index (χ3v) is 4.04. The largest absolute Gasteiger partial charge is 0.374 e. The lowest BCUT2D eigenvalue weighted by molar-refractivity contribution is 0.404. The van der Waals surface area contributed by atoms with E-state index < -0.39 is 0 Å². The molecule has 1 atom stereocenters. The molecule has 0 bridgehead atoms. The predicted octanol–water partition coefficient (Wildman–Crippen LogP) is 3.25. The van der Waals surface area contributed by atoms with Crippen LogP contribution in [-0.4, -0.2) is 25.2 Å².